The Morgan fingerprint density at radius 1 is 1.07 bits per heavy atom. The van der Waals surface area contributed by atoms with Crippen LogP contribution in [0.15, 0.2) is 48.9 Å². The van der Waals surface area contributed by atoms with Crippen molar-refractivity contribution in [1.29, 1.82) is 0 Å². The number of aliphatic hydroxyl groups excluding tert-OH is 1. The molecule has 1 aliphatic carbocycles. The first-order chi connectivity index (χ1) is 21.2. The fourth-order valence-electron chi connectivity index (χ4n) is 5.95. The molecule has 0 spiro atoms. The van der Waals surface area contributed by atoms with Crippen molar-refractivity contribution >= 4 is 29.0 Å². The number of nitrogens with zero attached hydrogens (tertiary/aromatic N) is 3. The number of carbonyl (C=O) groups is 2. The maximum Gasteiger partial charge on any atom is 0.251 e. The second-order valence-corrected chi connectivity index (χ2v) is 11.3. The lowest BCUT2D eigenvalue weighted by atomic mass is 10.1. The van der Waals surface area contributed by atoms with Crippen LogP contribution in [0, 0.1) is 18.6 Å². The van der Waals surface area contributed by atoms with E-state index in [-0.39, 0.29) is 41.3 Å². The summed E-state index contributed by atoms with van der Waals surface area (Å²) in [7, 11) is 1.27. The average molecular weight is 606 g/mol. The number of benzene rings is 2. The van der Waals surface area contributed by atoms with Crippen molar-refractivity contribution in [3.05, 3.63) is 71.7 Å². The number of carbonyl (C=O) groups excluding carboxylic acids is 2. The average Bonchev–Trinajstić information content (AvgIpc) is 3.75. The molecule has 2 amide bonds. The molecule has 5 N–H and O–H groups in total. The lowest BCUT2D eigenvalue weighted by Crippen LogP contribution is -2.45. The summed E-state index contributed by atoms with van der Waals surface area (Å²) >= 11 is 0. The molecule has 3 heterocycles. The Hall–Kier alpha value is -4.62. The van der Waals surface area contributed by atoms with E-state index in [0.717, 1.165) is 18.4 Å². The summed E-state index contributed by atoms with van der Waals surface area (Å²) in [5, 5.41) is 22.0. The molecule has 0 radical (unpaired) electrons. The van der Waals surface area contributed by atoms with Gasteiger partial charge in [0.15, 0.2) is 23.0 Å². The summed E-state index contributed by atoms with van der Waals surface area (Å²) in [6.07, 6.45) is 6.64. The SMILES string of the molecule is COc1ccc(-c2cnc3c(Nc4ccc(C(=O)NC5CCC(NC(=O)C6CC(O)CN6)C5)c(C)c4)nccn23)c(F)c1F. The minimum absolute atomic E-state index is 0.0285. The van der Waals surface area contributed by atoms with Crippen LogP contribution >= 0.6 is 0 Å². The Labute approximate surface area is 252 Å². The zero-order valence-electron chi connectivity index (χ0n) is 24.2. The lowest BCUT2D eigenvalue weighted by molar-refractivity contribution is -0.123. The number of hydrogen-bond acceptors (Lipinski definition) is 8. The van der Waals surface area contributed by atoms with Gasteiger partial charge in [-0.2, -0.15) is 4.39 Å². The number of nitrogens with one attached hydrogen (secondary N) is 4. The number of halogens is 2. The van der Waals surface area contributed by atoms with Crippen molar-refractivity contribution in [2.24, 2.45) is 0 Å². The number of imidazole rings is 1. The number of aryl methyl sites for hydroxylation is 1. The van der Waals surface area contributed by atoms with Crippen LogP contribution in [0.2, 0.25) is 0 Å². The number of fused-ring (bicyclic) bond motifs is 1. The first kappa shape index (κ1) is 29.5. The molecular weight excluding hydrogens is 572 g/mol. The van der Waals surface area contributed by atoms with Crippen molar-refractivity contribution in [3.8, 4) is 17.0 Å². The van der Waals surface area contributed by atoms with Gasteiger partial charge in [-0.3, -0.25) is 14.0 Å². The summed E-state index contributed by atoms with van der Waals surface area (Å²) in [4.78, 5) is 34.4. The van der Waals surface area contributed by atoms with Crippen molar-refractivity contribution < 1.29 is 28.2 Å². The number of rotatable bonds is 8. The van der Waals surface area contributed by atoms with Crippen LogP contribution in [0.1, 0.15) is 41.6 Å². The number of aliphatic hydroxyl groups is 1. The number of β-amino-alcohol motifs (C(OH)–C–C–N with tert-alkyl or cyclic N) is 1. The maximum absolute atomic E-state index is 14.8. The molecular formula is C31H33F2N7O4. The number of ether oxygens (including phenoxy) is 1. The Morgan fingerprint density at radius 2 is 1.86 bits per heavy atom. The van der Waals surface area contributed by atoms with E-state index in [1.54, 1.807) is 22.7 Å². The molecule has 44 heavy (non-hydrogen) atoms. The van der Waals surface area contributed by atoms with Gasteiger partial charge >= 0.3 is 0 Å². The third-order valence-electron chi connectivity index (χ3n) is 8.24. The highest BCUT2D eigenvalue weighted by atomic mass is 19.2. The van der Waals surface area contributed by atoms with Gasteiger partial charge in [0.25, 0.3) is 5.91 Å². The first-order valence-electron chi connectivity index (χ1n) is 14.5. The van der Waals surface area contributed by atoms with Gasteiger partial charge in [0.1, 0.15) is 0 Å². The fourth-order valence-corrected chi connectivity index (χ4v) is 5.95. The number of methoxy groups -OCH3 is 1. The Morgan fingerprint density at radius 3 is 2.59 bits per heavy atom. The van der Waals surface area contributed by atoms with Crippen LogP contribution in [0.25, 0.3) is 16.9 Å². The summed E-state index contributed by atoms with van der Waals surface area (Å²) in [5.74, 6) is -2.22. The maximum atomic E-state index is 14.8. The van der Waals surface area contributed by atoms with Gasteiger partial charge in [0, 0.05) is 47.8 Å². The third-order valence-corrected chi connectivity index (χ3v) is 8.24. The van der Waals surface area contributed by atoms with Crippen LogP contribution in [0.3, 0.4) is 0 Å². The quantitative estimate of drug-likeness (QED) is 0.206. The predicted molar refractivity (Wildman–Crippen MR) is 159 cm³/mol. The minimum atomic E-state index is -1.08. The van der Waals surface area contributed by atoms with E-state index in [1.165, 1.54) is 31.6 Å². The smallest absolute Gasteiger partial charge is 0.251 e. The van der Waals surface area contributed by atoms with E-state index >= 15 is 0 Å². The van der Waals surface area contributed by atoms with Crippen molar-refractivity contribution in [3.63, 3.8) is 0 Å². The van der Waals surface area contributed by atoms with E-state index < -0.39 is 17.7 Å². The molecule has 0 bridgehead atoms. The second-order valence-electron chi connectivity index (χ2n) is 11.3. The van der Waals surface area contributed by atoms with Gasteiger partial charge in [0.05, 0.1) is 31.1 Å². The van der Waals surface area contributed by atoms with E-state index in [2.05, 4.69) is 31.2 Å². The van der Waals surface area contributed by atoms with E-state index in [4.69, 9.17) is 4.74 Å². The van der Waals surface area contributed by atoms with Crippen molar-refractivity contribution in [2.75, 3.05) is 19.0 Å². The molecule has 1 saturated heterocycles. The largest absolute Gasteiger partial charge is 0.494 e. The highest BCUT2D eigenvalue weighted by Gasteiger charge is 2.32. The summed E-state index contributed by atoms with van der Waals surface area (Å²) in [5.41, 5.74) is 2.71. The molecule has 6 rings (SSSR count). The molecule has 1 saturated carbocycles. The molecule has 2 aromatic carbocycles. The number of aromatic nitrogens is 3. The van der Waals surface area contributed by atoms with Crippen LogP contribution in [-0.2, 0) is 4.79 Å². The molecule has 2 aliphatic rings. The molecule has 4 atom stereocenters. The summed E-state index contributed by atoms with van der Waals surface area (Å²) in [6, 6.07) is 7.63. The number of anilines is 2. The number of amides is 2. The highest BCUT2D eigenvalue weighted by molar-refractivity contribution is 5.96. The summed E-state index contributed by atoms with van der Waals surface area (Å²) in [6.45, 7) is 2.25. The Kier molecular flexibility index (Phi) is 8.15. The van der Waals surface area contributed by atoms with Crippen LogP contribution in [0.5, 0.6) is 5.75 Å². The molecule has 1 aliphatic heterocycles. The Bertz CT molecular complexity index is 1730. The lowest BCUT2D eigenvalue weighted by Gasteiger charge is -2.18. The molecule has 13 heteroatoms. The molecule has 11 nitrogen and oxygen atoms in total. The highest BCUT2D eigenvalue weighted by Crippen LogP contribution is 2.32. The first-order valence-corrected chi connectivity index (χ1v) is 14.5. The zero-order valence-corrected chi connectivity index (χ0v) is 24.2. The third kappa shape index (κ3) is 5.80. The fraction of sp³-hybridized carbons (Fsp3) is 0.355. The van der Waals surface area contributed by atoms with Gasteiger partial charge in [-0.25, -0.2) is 14.4 Å². The zero-order chi connectivity index (χ0) is 31.0. The van der Waals surface area contributed by atoms with Crippen LogP contribution < -0.4 is 26.0 Å². The number of hydrogen-bond donors (Lipinski definition) is 5. The van der Waals surface area contributed by atoms with Gasteiger partial charge < -0.3 is 31.1 Å². The summed E-state index contributed by atoms with van der Waals surface area (Å²) < 4.78 is 35.7. The van der Waals surface area contributed by atoms with Gasteiger partial charge in [-0.1, -0.05) is 0 Å². The normalized spacial score (nSPS) is 21.4. The molecule has 230 valence electrons. The van der Waals surface area contributed by atoms with Gasteiger partial charge in [0.2, 0.25) is 11.7 Å². The monoisotopic (exact) mass is 605 g/mol. The van der Waals surface area contributed by atoms with E-state index in [9.17, 15) is 23.5 Å². The van der Waals surface area contributed by atoms with Crippen molar-refractivity contribution in [1.82, 2.24) is 30.3 Å². The van der Waals surface area contributed by atoms with Gasteiger partial charge in [-0.05, 0) is 68.5 Å². The standard InChI is InChI=1S/C31H33F2N7O4/c1-16-11-17(5-6-21(16)30(42)38-18-3-4-19(12-18)39-31(43)23-13-20(41)14-35-23)37-28-29-36-15-24(40(29)10-9-34-28)22-7-8-25(44-2)27(33)26(22)32/h5-11,15,18-20,23,35,41H,3-4,12-14H2,1-2H3,(H,34,37)(H,38,42)(H,39,43). The second kappa shape index (κ2) is 12.2. The van der Waals surface area contributed by atoms with Gasteiger partial charge in [-0.15, -0.1) is 0 Å². The van der Waals surface area contributed by atoms with E-state index in [1.807, 2.05) is 13.0 Å². The predicted octanol–water partition coefficient (Wildman–Crippen LogP) is 3.23. The minimum Gasteiger partial charge on any atom is -0.494 e. The van der Waals surface area contributed by atoms with Crippen molar-refractivity contribution in [2.45, 2.75) is 56.8 Å². The van der Waals surface area contributed by atoms with Crippen LogP contribution in [-0.4, -0.2) is 69.2 Å². The molecule has 2 aromatic heterocycles. The molecule has 2 fully saturated rings. The molecule has 4 aromatic rings. The Balaban J connectivity index is 1.11. The van der Waals surface area contributed by atoms with Crippen LogP contribution in [0.4, 0.5) is 20.3 Å². The van der Waals surface area contributed by atoms with E-state index in [0.29, 0.717) is 47.8 Å². The topological polar surface area (TPSA) is 142 Å². The molecule has 4 unspecified atom stereocenters.